The second-order valence-electron chi connectivity index (χ2n) is 8.72. The van der Waals surface area contributed by atoms with E-state index in [1.165, 1.54) is 28.7 Å². The van der Waals surface area contributed by atoms with Crippen LogP contribution in [-0.4, -0.2) is 22.7 Å². The van der Waals surface area contributed by atoms with Gasteiger partial charge >= 0.3 is 0 Å². The molecule has 0 saturated carbocycles. The summed E-state index contributed by atoms with van der Waals surface area (Å²) in [4.78, 5) is 7.13. The maximum atomic E-state index is 9.12. The minimum Gasteiger partial charge on any atom is -0.340 e. The van der Waals surface area contributed by atoms with Crippen LogP contribution in [0.5, 0.6) is 5.75 Å². The molecule has 1 unspecified atom stereocenters. The fourth-order valence-electron chi connectivity index (χ4n) is 4.07. The monoisotopic (exact) mass is 477 g/mol. The highest BCUT2D eigenvalue weighted by Crippen LogP contribution is 2.23. The predicted molar refractivity (Wildman–Crippen MR) is 151 cm³/mol. The van der Waals surface area contributed by atoms with E-state index in [2.05, 4.69) is 98.1 Å². The van der Waals surface area contributed by atoms with E-state index in [4.69, 9.17) is 5.26 Å². The van der Waals surface area contributed by atoms with Crippen LogP contribution >= 0.6 is 0 Å². The zero-order valence-corrected chi connectivity index (χ0v) is 22.8. The van der Waals surface area contributed by atoms with Gasteiger partial charge in [-0.2, -0.15) is 0 Å². The molecule has 0 fully saturated rings. The fourth-order valence-corrected chi connectivity index (χ4v) is 4.07. The molecule has 3 aromatic carbocycles. The van der Waals surface area contributed by atoms with Crippen molar-refractivity contribution in [3.05, 3.63) is 101 Å². The Bertz CT molecular complexity index is 896. The fraction of sp³-hybridized carbons (Fsp3) is 0.438. The maximum absolute atomic E-state index is 9.12. The third-order valence-electron chi connectivity index (χ3n) is 5.75. The molecular weight excluding hydrogens is 430 g/mol. The van der Waals surface area contributed by atoms with Gasteiger partial charge in [0.15, 0.2) is 5.75 Å². The first-order chi connectivity index (χ1) is 17.1. The van der Waals surface area contributed by atoms with Gasteiger partial charge in [-0.3, -0.25) is 4.90 Å². The molecule has 0 aliphatic heterocycles. The van der Waals surface area contributed by atoms with Crippen LogP contribution in [0.25, 0.3) is 0 Å². The van der Waals surface area contributed by atoms with Gasteiger partial charge in [0.1, 0.15) is 0 Å². The van der Waals surface area contributed by atoms with Crippen LogP contribution in [0.2, 0.25) is 0 Å². The molecule has 0 bridgehead atoms. The van der Waals surface area contributed by atoms with E-state index >= 15 is 0 Å². The summed E-state index contributed by atoms with van der Waals surface area (Å²) < 4.78 is 0. The highest BCUT2D eigenvalue weighted by molar-refractivity contribution is 5.35. The Balaban J connectivity index is 0.00000114. The van der Waals surface area contributed by atoms with Gasteiger partial charge in [-0.15, -0.1) is 0 Å². The number of hydrogen-bond acceptors (Lipinski definition) is 3. The topological polar surface area (TPSA) is 32.7 Å². The molecule has 3 heteroatoms. The molecule has 0 aliphatic rings. The van der Waals surface area contributed by atoms with Gasteiger partial charge in [0.05, 0.1) is 0 Å². The van der Waals surface area contributed by atoms with Crippen molar-refractivity contribution < 1.29 is 10.1 Å². The lowest BCUT2D eigenvalue weighted by Gasteiger charge is -2.32. The van der Waals surface area contributed by atoms with Gasteiger partial charge in [0, 0.05) is 12.6 Å². The molecule has 0 saturated heterocycles. The van der Waals surface area contributed by atoms with Gasteiger partial charge in [-0.05, 0) is 73.5 Å². The molecular formula is C32H47NO2. The van der Waals surface area contributed by atoms with Gasteiger partial charge in [0.25, 0.3) is 0 Å². The number of hydrogen-bond donors (Lipinski definition) is 1. The lowest BCUT2D eigenvalue weighted by molar-refractivity contribution is -0.137. The third-order valence-corrected chi connectivity index (χ3v) is 5.75. The van der Waals surface area contributed by atoms with Crippen LogP contribution in [0.4, 0.5) is 0 Å². The molecule has 0 aromatic heterocycles. The first-order valence-electron chi connectivity index (χ1n) is 13.3. The van der Waals surface area contributed by atoms with Crippen molar-refractivity contribution in [2.24, 2.45) is 0 Å². The van der Waals surface area contributed by atoms with Gasteiger partial charge in [-0.25, -0.2) is 5.26 Å². The molecule has 1 N–H and O–H groups in total. The Morgan fingerprint density at radius 1 is 0.829 bits per heavy atom. The number of rotatable bonds is 11. The zero-order chi connectivity index (χ0) is 25.9. The van der Waals surface area contributed by atoms with Crippen LogP contribution in [0.3, 0.4) is 0 Å². The summed E-state index contributed by atoms with van der Waals surface area (Å²) in [5.41, 5.74) is 5.19. The summed E-state index contributed by atoms with van der Waals surface area (Å²) in [6.45, 7) is 14.6. The standard InChI is InChI=1S/C27H33NO2.C3H8.C2H6/c1-3-18-28(21-24-12-8-5-9-13-24)26(16-15-23-10-6-4-7-11-23)19-25-20-27(30-29)17-14-22(25)2;1-3-2;1-2/h4-14,17,20,26,29H,3,15-16,18-19,21H2,1-2H3;3H2,1-2H3;1-2H3. The smallest absolute Gasteiger partial charge is 0.165 e. The van der Waals surface area contributed by atoms with Crippen molar-refractivity contribution in [3.8, 4) is 5.75 Å². The van der Waals surface area contributed by atoms with Crippen molar-refractivity contribution in [3.63, 3.8) is 0 Å². The van der Waals surface area contributed by atoms with Crippen molar-refractivity contribution in [2.45, 2.75) is 86.2 Å². The Hall–Kier alpha value is -2.62. The molecule has 0 aliphatic carbocycles. The number of benzene rings is 3. The SMILES string of the molecule is CC.CCC.CCCN(Cc1ccccc1)C(CCc1ccccc1)Cc1cc(OO)ccc1C. The second-order valence-corrected chi connectivity index (χ2v) is 8.72. The predicted octanol–water partition coefficient (Wildman–Crippen LogP) is 8.75. The van der Waals surface area contributed by atoms with E-state index < -0.39 is 0 Å². The van der Waals surface area contributed by atoms with E-state index in [9.17, 15) is 0 Å². The van der Waals surface area contributed by atoms with E-state index in [1.54, 1.807) is 0 Å². The number of nitrogens with zero attached hydrogens (tertiary/aromatic N) is 1. The lowest BCUT2D eigenvalue weighted by atomic mass is 9.94. The van der Waals surface area contributed by atoms with Crippen molar-refractivity contribution in [2.75, 3.05) is 6.54 Å². The number of aryl methyl sites for hydroxylation is 2. The summed E-state index contributed by atoms with van der Waals surface area (Å²) in [7, 11) is 0. The second kappa shape index (κ2) is 18.7. The molecule has 1 atom stereocenters. The van der Waals surface area contributed by atoms with Crippen LogP contribution in [0.1, 0.15) is 76.1 Å². The molecule has 3 aromatic rings. The highest BCUT2D eigenvalue weighted by atomic mass is 17.1. The minimum absolute atomic E-state index is 0.401. The highest BCUT2D eigenvalue weighted by Gasteiger charge is 2.20. The van der Waals surface area contributed by atoms with E-state index in [1.807, 2.05) is 32.0 Å². The normalized spacial score (nSPS) is 11.1. The van der Waals surface area contributed by atoms with Crippen LogP contribution in [-0.2, 0) is 19.4 Å². The molecule has 35 heavy (non-hydrogen) atoms. The zero-order valence-electron chi connectivity index (χ0n) is 22.8. The Morgan fingerprint density at radius 2 is 1.40 bits per heavy atom. The minimum atomic E-state index is 0.401. The van der Waals surface area contributed by atoms with E-state index in [-0.39, 0.29) is 0 Å². The average molecular weight is 478 g/mol. The summed E-state index contributed by atoms with van der Waals surface area (Å²) >= 11 is 0. The molecule has 0 heterocycles. The summed E-state index contributed by atoms with van der Waals surface area (Å²) in [5, 5.41) is 9.12. The molecule has 192 valence electrons. The maximum Gasteiger partial charge on any atom is 0.165 e. The van der Waals surface area contributed by atoms with E-state index in [0.29, 0.717) is 11.8 Å². The van der Waals surface area contributed by atoms with Crippen LogP contribution < -0.4 is 4.89 Å². The molecule has 0 spiro atoms. The lowest BCUT2D eigenvalue weighted by Crippen LogP contribution is -2.37. The average Bonchev–Trinajstić information content (AvgIpc) is 2.90. The molecule has 0 amide bonds. The summed E-state index contributed by atoms with van der Waals surface area (Å²) in [5.74, 6) is 0.502. The first-order valence-corrected chi connectivity index (χ1v) is 13.3. The Labute approximate surface area is 214 Å². The van der Waals surface area contributed by atoms with E-state index in [0.717, 1.165) is 38.8 Å². The Morgan fingerprint density at radius 3 is 1.94 bits per heavy atom. The molecule has 3 rings (SSSR count). The largest absolute Gasteiger partial charge is 0.340 e. The summed E-state index contributed by atoms with van der Waals surface area (Å²) in [6.07, 6.45) is 5.44. The molecule has 3 nitrogen and oxygen atoms in total. The van der Waals surface area contributed by atoms with Crippen molar-refractivity contribution >= 4 is 0 Å². The summed E-state index contributed by atoms with van der Waals surface area (Å²) in [6, 6.07) is 27.7. The molecule has 0 radical (unpaired) electrons. The van der Waals surface area contributed by atoms with Crippen molar-refractivity contribution in [1.29, 1.82) is 0 Å². The van der Waals surface area contributed by atoms with Crippen molar-refractivity contribution in [1.82, 2.24) is 4.90 Å². The van der Waals surface area contributed by atoms with Gasteiger partial charge in [-0.1, -0.05) is 108 Å². The van der Waals surface area contributed by atoms with Gasteiger partial charge in [0.2, 0.25) is 0 Å². The van der Waals surface area contributed by atoms with Gasteiger partial charge < -0.3 is 4.89 Å². The Kier molecular flexibility index (Phi) is 16.2. The first kappa shape index (κ1) is 30.4. The van der Waals surface area contributed by atoms with Crippen LogP contribution in [0.15, 0.2) is 78.9 Å². The van der Waals surface area contributed by atoms with Crippen LogP contribution in [0, 0.1) is 6.92 Å². The third kappa shape index (κ3) is 11.6. The quantitative estimate of drug-likeness (QED) is 0.221.